The largest absolute Gasteiger partial charge is 0.241 e. The van der Waals surface area contributed by atoms with Crippen LogP contribution in [0.2, 0.25) is 0 Å². The average molecular weight is 309 g/mol. The highest BCUT2D eigenvalue weighted by atomic mass is 32.2. The molecule has 1 N–H and O–H groups in total. The van der Waals surface area contributed by atoms with Crippen LogP contribution in [-0.2, 0) is 10.0 Å². The summed E-state index contributed by atoms with van der Waals surface area (Å²) in [5, 5.41) is 1.97. The Bertz CT molecular complexity index is 661. The van der Waals surface area contributed by atoms with Crippen molar-refractivity contribution >= 4 is 21.4 Å². The van der Waals surface area contributed by atoms with Crippen LogP contribution in [0.25, 0.3) is 0 Å². The van der Waals surface area contributed by atoms with Crippen molar-refractivity contribution in [2.24, 2.45) is 5.92 Å². The SMILES string of the molecule is Cc1ccccc1S(=O)(=O)NC(c1cccs1)C(C)C. The molecule has 1 unspecified atom stereocenters. The highest BCUT2D eigenvalue weighted by Crippen LogP contribution is 2.28. The Morgan fingerprint density at radius 1 is 1.10 bits per heavy atom. The standard InChI is InChI=1S/C15H19NO2S2/c1-11(2)15(13-8-6-10-19-13)16-20(17,18)14-9-5-4-7-12(14)3/h4-11,15-16H,1-3H3. The fraction of sp³-hybridized carbons (Fsp3) is 0.333. The minimum Gasteiger partial charge on any atom is -0.207 e. The molecule has 0 aliphatic rings. The molecule has 0 amide bonds. The predicted molar refractivity (Wildman–Crippen MR) is 83.4 cm³/mol. The van der Waals surface area contributed by atoms with Crippen LogP contribution in [0.3, 0.4) is 0 Å². The molecule has 2 rings (SSSR count). The third-order valence-corrected chi connectivity index (χ3v) is 5.74. The molecule has 0 aliphatic carbocycles. The maximum atomic E-state index is 12.6. The number of sulfonamides is 1. The van der Waals surface area contributed by atoms with Gasteiger partial charge in [0.2, 0.25) is 10.0 Å². The summed E-state index contributed by atoms with van der Waals surface area (Å²) >= 11 is 1.57. The zero-order valence-electron chi connectivity index (χ0n) is 11.8. The molecule has 20 heavy (non-hydrogen) atoms. The third-order valence-electron chi connectivity index (χ3n) is 3.18. The molecule has 1 atom stereocenters. The van der Waals surface area contributed by atoms with Crippen LogP contribution in [0.15, 0.2) is 46.7 Å². The van der Waals surface area contributed by atoms with Gasteiger partial charge in [-0.2, -0.15) is 0 Å². The quantitative estimate of drug-likeness (QED) is 0.914. The van der Waals surface area contributed by atoms with Crippen LogP contribution >= 0.6 is 11.3 Å². The fourth-order valence-corrected chi connectivity index (χ4v) is 4.71. The van der Waals surface area contributed by atoms with Crippen LogP contribution in [-0.4, -0.2) is 8.42 Å². The molecule has 0 saturated carbocycles. The average Bonchev–Trinajstić information content (AvgIpc) is 2.89. The van der Waals surface area contributed by atoms with E-state index < -0.39 is 10.0 Å². The molecule has 1 heterocycles. The van der Waals surface area contributed by atoms with Crippen molar-refractivity contribution in [3.8, 4) is 0 Å². The van der Waals surface area contributed by atoms with E-state index in [2.05, 4.69) is 4.72 Å². The lowest BCUT2D eigenvalue weighted by Gasteiger charge is -2.21. The zero-order valence-corrected chi connectivity index (χ0v) is 13.5. The Hall–Kier alpha value is -1.17. The van der Waals surface area contributed by atoms with E-state index in [0.29, 0.717) is 4.90 Å². The summed E-state index contributed by atoms with van der Waals surface area (Å²) in [5.41, 5.74) is 0.758. The van der Waals surface area contributed by atoms with E-state index in [9.17, 15) is 8.42 Å². The molecule has 2 aromatic rings. The molecule has 5 heteroatoms. The van der Waals surface area contributed by atoms with Gasteiger partial charge in [-0.1, -0.05) is 38.1 Å². The molecule has 0 fully saturated rings. The van der Waals surface area contributed by atoms with E-state index >= 15 is 0 Å². The summed E-state index contributed by atoms with van der Waals surface area (Å²) in [6, 6.07) is 10.8. The van der Waals surface area contributed by atoms with Gasteiger partial charge in [-0.3, -0.25) is 0 Å². The van der Waals surface area contributed by atoms with Crippen LogP contribution in [0.5, 0.6) is 0 Å². The predicted octanol–water partition coefficient (Wildman–Crippen LogP) is 3.73. The van der Waals surface area contributed by atoms with Crippen LogP contribution in [0.1, 0.15) is 30.3 Å². The number of nitrogens with one attached hydrogen (secondary N) is 1. The van der Waals surface area contributed by atoms with Gasteiger partial charge in [0.05, 0.1) is 10.9 Å². The second-order valence-electron chi connectivity index (χ2n) is 5.12. The Balaban J connectivity index is 2.34. The van der Waals surface area contributed by atoms with E-state index in [1.165, 1.54) is 0 Å². The summed E-state index contributed by atoms with van der Waals surface area (Å²) in [6.07, 6.45) is 0. The molecular formula is C15H19NO2S2. The molecule has 108 valence electrons. The Labute approximate surface area is 124 Å². The van der Waals surface area contributed by atoms with Gasteiger partial charge in [0.15, 0.2) is 0 Å². The first-order chi connectivity index (χ1) is 9.42. The number of hydrogen-bond donors (Lipinski definition) is 1. The molecule has 1 aromatic carbocycles. The first-order valence-corrected chi connectivity index (χ1v) is 8.89. The van der Waals surface area contributed by atoms with Crippen LogP contribution in [0.4, 0.5) is 0 Å². The number of benzene rings is 1. The number of aryl methyl sites for hydroxylation is 1. The number of hydrogen-bond acceptors (Lipinski definition) is 3. The van der Waals surface area contributed by atoms with Gasteiger partial charge in [-0.05, 0) is 35.9 Å². The van der Waals surface area contributed by atoms with Crippen LogP contribution < -0.4 is 4.72 Å². The van der Waals surface area contributed by atoms with E-state index in [-0.39, 0.29) is 12.0 Å². The van der Waals surface area contributed by atoms with Gasteiger partial charge in [-0.25, -0.2) is 13.1 Å². The van der Waals surface area contributed by atoms with Gasteiger partial charge < -0.3 is 0 Å². The lowest BCUT2D eigenvalue weighted by Crippen LogP contribution is -2.31. The smallest absolute Gasteiger partial charge is 0.207 e. The van der Waals surface area contributed by atoms with E-state index in [0.717, 1.165) is 10.4 Å². The molecule has 1 aromatic heterocycles. The number of rotatable bonds is 5. The number of thiophene rings is 1. The first kappa shape index (κ1) is 15.2. The van der Waals surface area contributed by atoms with Crippen molar-refractivity contribution in [2.45, 2.75) is 31.7 Å². The van der Waals surface area contributed by atoms with Crippen molar-refractivity contribution < 1.29 is 8.42 Å². The van der Waals surface area contributed by atoms with Gasteiger partial charge in [0, 0.05) is 4.88 Å². The third kappa shape index (κ3) is 3.29. The lowest BCUT2D eigenvalue weighted by molar-refractivity contribution is 0.468. The Morgan fingerprint density at radius 2 is 1.80 bits per heavy atom. The molecule has 0 spiro atoms. The normalized spacial score (nSPS) is 13.6. The van der Waals surface area contributed by atoms with Crippen molar-refractivity contribution in [2.75, 3.05) is 0 Å². The molecule has 0 saturated heterocycles. The maximum absolute atomic E-state index is 12.6. The van der Waals surface area contributed by atoms with E-state index in [4.69, 9.17) is 0 Å². The summed E-state index contributed by atoms with van der Waals surface area (Å²) in [6.45, 7) is 5.85. The molecule has 0 radical (unpaired) electrons. The monoisotopic (exact) mass is 309 g/mol. The topological polar surface area (TPSA) is 46.2 Å². The van der Waals surface area contributed by atoms with Gasteiger partial charge in [0.25, 0.3) is 0 Å². The molecule has 3 nitrogen and oxygen atoms in total. The van der Waals surface area contributed by atoms with Crippen LogP contribution in [0, 0.1) is 12.8 Å². The van der Waals surface area contributed by atoms with E-state index in [1.54, 1.807) is 23.5 Å². The second-order valence-corrected chi connectivity index (χ2v) is 7.79. The molecular weight excluding hydrogens is 290 g/mol. The summed E-state index contributed by atoms with van der Waals surface area (Å²) in [5.74, 6) is 0.187. The molecule has 0 bridgehead atoms. The summed E-state index contributed by atoms with van der Waals surface area (Å²) < 4.78 is 27.9. The summed E-state index contributed by atoms with van der Waals surface area (Å²) in [7, 11) is -3.50. The van der Waals surface area contributed by atoms with Crippen molar-refractivity contribution in [1.82, 2.24) is 4.72 Å². The Morgan fingerprint density at radius 3 is 2.35 bits per heavy atom. The maximum Gasteiger partial charge on any atom is 0.241 e. The second kappa shape index (κ2) is 6.08. The first-order valence-electron chi connectivity index (χ1n) is 6.53. The summed E-state index contributed by atoms with van der Waals surface area (Å²) in [4.78, 5) is 1.39. The van der Waals surface area contributed by atoms with Gasteiger partial charge in [0.1, 0.15) is 0 Å². The van der Waals surface area contributed by atoms with Crippen molar-refractivity contribution in [3.05, 3.63) is 52.2 Å². The van der Waals surface area contributed by atoms with Gasteiger partial charge in [-0.15, -0.1) is 11.3 Å². The zero-order chi connectivity index (χ0) is 14.8. The fourth-order valence-electron chi connectivity index (χ4n) is 2.08. The van der Waals surface area contributed by atoms with Gasteiger partial charge >= 0.3 is 0 Å². The minimum atomic E-state index is -3.50. The minimum absolute atomic E-state index is 0.187. The lowest BCUT2D eigenvalue weighted by atomic mass is 10.0. The van der Waals surface area contributed by atoms with Crippen molar-refractivity contribution in [3.63, 3.8) is 0 Å². The van der Waals surface area contributed by atoms with Crippen molar-refractivity contribution in [1.29, 1.82) is 0 Å². The van der Waals surface area contributed by atoms with E-state index in [1.807, 2.05) is 50.4 Å². The molecule has 0 aliphatic heterocycles. The highest BCUT2D eigenvalue weighted by Gasteiger charge is 2.25. The highest BCUT2D eigenvalue weighted by molar-refractivity contribution is 7.89. The Kier molecular flexibility index (Phi) is 4.62.